The molecule has 104 valence electrons. The second-order valence-corrected chi connectivity index (χ2v) is 4.48. The summed E-state index contributed by atoms with van der Waals surface area (Å²) in [5, 5.41) is 0. The monoisotopic (exact) mass is 279 g/mol. The van der Waals surface area contributed by atoms with Gasteiger partial charge in [0.2, 0.25) is 5.90 Å². The number of carbonyl (C=O) groups is 1. The van der Waals surface area contributed by atoms with Gasteiger partial charge in [0.05, 0.1) is 7.11 Å². The van der Waals surface area contributed by atoms with E-state index in [0.717, 1.165) is 16.9 Å². The SMILES string of the molecule is COc1ccc(C2=N/C(=C/c3ccccc3)C(=O)O2)cc1. The molecule has 0 aromatic heterocycles. The summed E-state index contributed by atoms with van der Waals surface area (Å²) in [6.07, 6.45) is 1.71. The minimum absolute atomic E-state index is 0.298. The minimum atomic E-state index is -0.440. The zero-order chi connectivity index (χ0) is 14.7. The van der Waals surface area contributed by atoms with Crippen LogP contribution in [0.5, 0.6) is 5.75 Å². The van der Waals surface area contributed by atoms with Crippen molar-refractivity contribution < 1.29 is 14.3 Å². The molecule has 21 heavy (non-hydrogen) atoms. The van der Waals surface area contributed by atoms with Crippen molar-refractivity contribution in [2.24, 2.45) is 4.99 Å². The number of aliphatic imine (C=N–C) groups is 1. The minimum Gasteiger partial charge on any atom is -0.497 e. The fraction of sp³-hybridized carbons (Fsp3) is 0.0588. The molecular weight excluding hydrogens is 266 g/mol. The average Bonchev–Trinajstić information content (AvgIpc) is 2.89. The Morgan fingerprint density at radius 3 is 2.43 bits per heavy atom. The van der Waals surface area contributed by atoms with E-state index in [0.29, 0.717) is 11.6 Å². The molecule has 0 amide bonds. The van der Waals surface area contributed by atoms with Crippen LogP contribution >= 0.6 is 0 Å². The van der Waals surface area contributed by atoms with Crippen molar-refractivity contribution in [2.75, 3.05) is 7.11 Å². The molecule has 3 rings (SSSR count). The molecule has 0 atom stereocenters. The third-order valence-electron chi connectivity index (χ3n) is 3.06. The Morgan fingerprint density at radius 2 is 1.76 bits per heavy atom. The maximum absolute atomic E-state index is 11.9. The van der Waals surface area contributed by atoms with Gasteiger partial charge in [-0.25, -0.2) is 9.79 Å². The van der Waals surface area contributed by atoms with Gasteiger partial charge in [0.25, 0.3) is 0 Å². The lowest BCUT2D eigenvalue weighted by Gasteiger charge is -2.01. The van der Waals surface area contributed by atoms with Crippen LogP contribution in [0.25, 0.3) is 6.08 Å². The molecule has 0 spiro atoms. The van der Waals surface area contributed by atoms with E-state index in [9.17, 15) is 4.79 Å². The standard InChI is InChI=1S/C17H13NO3/c1-20-14-9-7-13(8-10-14)16-18-15(17(19)21-16)11-12-5-3-2-4-6-12/h2-11H,1H3/b15-11+. The van der Waals surface area contributed by atoms with E-state index >= 15 is 0 Å². The van der Waals surface area contributed by atoms with E-state index in [-0.39, 0.29) is 0 Å². The highest BCUT2D eigenvalue weighted by molar-refractivity contribution is 6.12. The summed E-state index contributed by atoms with van der Waals surface area (Å²) in [6.45, 7) is 0. The van der Waals surface area contributed by atoms with Gasteiger partial charge in [0, 0.05) is 5.56 Å². The predicted octanol–water partition coefficient (Wildman–Crippen LogP) is 3.04. The second kappa shape index (κ2) is 5.63. The summed E-state index contributed by atoms with van der Waals surface area (Å²) in [5.74, 6) is 0.609. The van der Waals surface area contributed by atoms with E-state index in [2.05, 4.69) is 4.99 Å². The first-order valence-electron chi connectivity index (χ1n) is 6.48. The van der Waals surface area contributed by atoms with Crippen LogP contribution in [0, 0.1) is 0 Å². The van der Waals surface area contributed by atoms with Crippen molar-refractivity contribution >= 4 is 17.9 Å². The van der Waals surface area contributed by atoms with Crippen LogP contribution in [0.15, 0.2) is 65.3 Å². The van der Waals surface area contributed by atoms with Gasteiger partial charge in [0.15, 0.2) is 5.70 Å². The molecule has 4 nitrogen and oxygen atoms in total. The third kappa shape index (κ3) is 2.84. The van der Waals surface area contributed by atoms with Crippen LogP contribution in [0.1, 0.15) is 11.1 Å². The molecule has 0 aliphatic carbocycles. The average molecular weight is 279 g/mol. The van der Waals surface area contributed by atoms with E-state index in [1.54, 1.807) is 37.5 Å². The Morgan fingerprint density at radius 1 is 1.05 bits per heavy atom. The zero-order valence-corrected chi connectivity index (χ0v) is 11.4. The molecule has 0 fully saturated rings. The molecule has 2 aromatic rings. The fourth-order valence-electron chi connectivity index (χ4n) is 1.97. The lowest BCUT2D eigenvalue weighted by Crippen LogP contribution is -2.05. The van der Waals surface area contributed by atoms with E-state index < -0.39 is 5.97 Å². The fourth-order valence-corrected chi connectivity index (χ4v) is 1.97. The molecule has 0 unspecified atom stereocenters. The third-order valence-corrected chi connectivity index (χ3v) is 3.06. The molecular formula is C17H13NO3. The Labute approximate surface area is 122 Å². The quantitative estimate of drug-likeness (QED) is 0.641. The van der Waals surface area contributed by atoms with Crippen molar-refractivity contribution in [1.29, 1.82) is 0 Å². The summed E-state index contributed by atoms with van der Waals surface area (Å²) in [4.78, 5) is 16.1. The first kappa shape index (κ1) is 13.1. The molecule has 0 saturated heterocycles. The first-order valence-corrected chi connectivity index (χ1v) is 6.48. The van der Waals surface area contributed by atoms with Crippen molar-refractivity contribution in [3.8, 4) is 5.75 Å². The van der Waals surface area contributed by atoms with Crippen LogP contribution in [0.4, 0.5) is 0 Å². The lowest BCUT2D eigenvalue weighted by molar-refractivity contribution is -0.129. The van der Waals surface area contributed by atoms with Crippen LogP contribution in [0.2, 0.25) is 0 Å². The van der Waals surface area contributed by atoms with E-state index in [4.69, 9.17) is 9.47 Å². The number of rotatable bonds is 3. The van der Waals surface area contributed by atoms with Crippen LogP contribution in [-0.2, 0) is 9.53 Å². The highest BCUT2D eigenvalue weighted by Crippen LogP contribution is 2.20. The summed E-state index contributed by atoms with van der Waals surface area (Å²) in [6, 6.07) is 16.7. The van der Waals surface area contributed by atoms with Crippen molar-refractivity contribution in [2.45, 2.75) is 0 Å². The number of ether oxygens (including phenoxy) is 2. The molecule has 0 bridgehead atoms. The lowest BCUT2D eigenvalue weighted by atomic mass is 10.2. The number of esters is 1. The van der Waals surface area contributed by atoms with Crippen molar-refractivity contribution in [1.82, 2.24) is 0 Å². The summed E-state index contributed by atoms with van der Waals surface area (Å²) >= 11 is 0. The molecule has 0 N–H and O–H groups in total. The van der Waals surface area contributed by atoms with Gasteiger partial charge in [-0.3, -0.25) is 0 Å². The highest BCUT2D eigenvalue weighted by atomic mass is 16.6. The summed E-state index contributed by atoms with van der Waals surface area (Å²) in [5.41, 5.74) is 1.94. The second-order valence-electron chi connectivity index (χ2n) is 4.48. The molecule has 1 aliphatic rings. The molecule has 2 aromatic carbocycles. The normalized spacial score (nSPS) is 15.8. The van der Waals surface area contributed by atoms with Crippen LogP contribution in [-0.4, -0.2) is 19.0 Å². The van der Waals surface area contributed by atoms with Crippen LogP contribution in [0.3, 0.4) is 0 Å². The molecule has 0 radical (unpaired) electrons. The molecule has 0 saturated carbocycles. The number of nitrogens with zero attached hydrogens (tertiary/aromatic N) is 1. The maximum atomic E-state index is 11.9. The van der Waals surface area contributed by atoms with Gasteiger partial charge in [0.1, 0.15) is 5.75 Å². The smallest absolute Gasteiger partial charge is 0.363 e. The predicted molar refractivity (Wildman–Crippen MR) is 80.0 cm³/mol. The van der Waals surface area contributed by atoms with Crippen molar-refractivity contribution in [3.05, 3.63) is 71.4 Å². The Bertz CT molecular complexity index is 715. The Kier molecular flexibility index (Phi) is 3.51. The highest BCUT2D eigenvalue weighted by Gasteiger charge is 2.23. The summed E-state index contributed by atoms with van der Waals surface area (Å²) < 4.78 is 10.3. The zero-order valence-electron chi connectivity index (χ0n) is 11.4. The van der Waals surface area contributed by atoms with Gasteiger partial charge in [-0.15, -0.1) is 0 Å². The van der Waals surface area contributed by atoms with Gasteiger partial charge in [-0.05, 0) is 35.9 Å². The van der Waals surface area contributed by atoms with Gasteiger partial charge in [-0.2, -0.15) is 0 Å². The molecule has 1 aliphatic heterocycles. The van der Waals surface area contributed by atoms with E-state index in [1.807, 2.05) is 30.3 Å². The molecule has 1 heterocycles. The molecule has 4 heteroatoms. The van der Waals surface area contributed by atoms with Crippen molar-refractivity contribution in [3.63, 3.8) is 0 Å². The number of cyclic esters (lactones) is 1. The Balaban J connectivity index is 1.89. The first-order chi connectivity index (χ1) is 10.3. The topological polar surface area (TPSA) is 47.9 Å². The largest absolute Gasteiger partial charge is 0.497 e. The number of hydrogen-bond donors (Lipinski definition) is 0. The summed E-state index contributed by atoms with van der Waals surface area (Å²) in [7, 11) is 1.60. The maximum Gasteiger partial charge on any atom is 0.363 e. The van der Waals surface area contributed by atoms with Gasteiger partial charge in [-0.1, -0.05) is 30.3 Å². The number of methoxy groups -OCH3 is 1. The van der Waals surface area contributed by atoms with Gasteiger partial charge < -0.3 is 9.47 Å². The van der Waals surface area contributed by atoms with Gasteiger partial charge >= 0.3 is 5.97 Å². The number of carbonyl (C=O) groups excluding carboxylic acids is 1. The Hall–Kier alpha value is -2.88. The number of benzene rings is 2. The van der Waals surface area contributed by atoms with E-state index in [1.165, 1.54) is 0 Å². The van der Waals surface area contributed by atoms with Crippen LogP contribution < -0.4 is 4.74 Å². The number of hydrogen-bond acceptors (Lipinski definition) is 4.